The Morgan fingerprint density at radius 1 is 1.22 bits per heavy atom. The monoisotopic (exact) mass is 372 g/mol. The molecule has 0 saturated heterocycles. The number of nitrogens with zero attached hydrogens (tertiary/aromatic N) is 1. The maximum absolute atomic E-state index is 13.1. The van der Waals surface area contributed by atoms with E-state index in [9.17, 15) is 19.3 Å². The molecule has 7 heteroatoms. The van der Waals surface area contributed by atoms with Crippen molar-refractivity contribution in [3.8, 4) is 0 Å². The van der Waals surface area contributed by atoms with Crippen molar-refractivity contribution in [3.63, 3.8) is 0 Å². The van der Waals surface area contributed by atoms with E-state index in [2.05, 4.69) is 5.32 Å². The van der Waals surface area contributed by atoms with Gasteiger partial charge >= 0.3 is 0 Å². The van der Waals surface area contributed by atoms with Gasteiger partial charge in [0.25, 0.3) is 11.6 Å². The number of anilines is 1. The molecule has 3 rings (SSSR count). The maximum atomic E-state index is 13.1. The van der Waals surface area contributed by atoms with Crippen molar-refractivity contribution >= 4 is 17.3 Å². The highest BCUT2D eigenvalue weighted by Crippen LogP contribution is 2.30. The van der Waals surface area contributed by atoms with Gasteiger partial charge in [0.1, 0.15) is 18.0 Å². The van der Waals surface area contributed by atoms with E-state index >= 15 is 0 Å². The second kappa shape index (κ2) is 7.84. The molecule has 6 nitrogen and oxygen atoms in total. The Labute approximate surface area is 157 Å². The van der Waals surface area contributed by atoms with Crippen LogP contribution in [0.5, 0.6) is 0 Å². The molecule has 2 aromatic carbocycles. The van der Waals surface area contributed by atoms with Gasteiger partial charge in [0, 0.05) is 24.5 Å². The number of amides is 1. The van der Waals surface area contributed by atoms with E-state index in [0.717, 1.165) is 28.9 Å². The lowest BCUT2D eigenvalue weighted by molar-refractivity contribution is -0.916. The number of nitro benzene ring substituents is 1. The van der Waals surface area contributed by atoms with E-state index in [1.165, 1.54) is 18.2 Å². The third-order valence-corrected chi connectivity index (χ3v) is 5.06. The highest BCUT2D eigenvalue weighted by molar-refractivity contribution is 5.95. The first-order valence-corrected chi connectivity index (χ1v) is 8.98. The number of nitrogens with one attached hydrogen (secondary N) is 2. The largest absolute Gasteiger partial charge is 0.321 e. The number of nitro groups is 1. The fraction of sp³-hybridized carbons (Fsp3) is 0.350. The summed E-state index contributed by atoms with van der Waals surface area (Å²) in [5.74, 6) is -0.539. The van der Waals surface area contributed by atoms with E-state index in [4.69, 9.17) is 0 Å². The van der Waals surface area contributed by atoms with Crippen LogP contribution in [0.2, 0.25) is 0 Å². The van der Waals surface area contributed by atoms with Crippen molar-refractivity contribution in [2.45, 2.75) is 39.3 Å². The first-order valence-electron chi connectivity index (χ1n) is 8.98. The number of hydrogen-bond donors (Lipinski definition) is 2. The summed E-state index contributed by atoms with van der Waals surface area (Å²) in [5, 5.41) is 14.0. The summed E-state index contributed by atoms with van der Waals surface area (Å²) in [7, 11) is 0. The Morgan fingerprint density at radius 2 is 1.89 bits per heavy atom. The molecule has 27 heavy (non-hydrogen) atoms. The predicted molar refractivity (Wildman–Crippen MR) is 100 cm³/mol. The van der Waals surface area contributed by atoms with E-state index in [1.807, 2.05) is 6.92 Å². The number of carbonyl (C=O) groups is 1. The fourth-order valence-electron chi connectivity index (χ4n) is 3.21. The number of halogens is 1. The van der Waals surface area contributed by atoms with Gasteiger partial charge in [-0.2, -0.15) is 0 Å². The van der Waals surface area contributed by atoms with E-state index in [-0.39, 0.29) is 29.6 Å². The summed E-state index contributed by atoms with van der Waals surface area (Å²) >= 11 is 0. The molecule has 1 atom stereocenters. The van der Waals surface area contributed by atoms with Crippen LogP contribution in [-0.2, 0) is 11.3 Å². The highest BCUT2D eigenvalue weighted by atomic mass is 19.1. The van der Waals surface area contributed by atoms with E-state index in [0.29, 0.717) is 18.2 Å². The molecule has 1 aliphatic rings. The molecule has 1 fully saturated rings. The second-order valence-electron chi connectivity index (χ2n) is 7.12. The van der Waals surface area contributed by atoms with Crippen molar-refractivity contribution in [1.29, 1.82) is 0 Å². The van der Waals surface area contributed by atoms with Gasteiger partial charge in [-0.1, -0.05) is 18.2 Å². The van der Waals surface area contributed by atoms with Gasteiger partial charge in [0.05, 0.1) is 11.0 Å². The molecular weight excluding hydrogens is 349 g/mol. The summed E-state index contributed by atoms with van der Waals surface area (Å²) < 4.78 is 13.1. The Morgan fingerprint density at radius 3 is 2.48 bits per heavy atom. The maximum Gasteiger partial charge on any atom is 0.293 e. The first kappa shape index (κ1) is 19.0. The van der Waals surface area contributed by atoms with Gasteiger partial charge in [-0.25, -0.2) is 4.39 Å². The zero-order valence-corrected chi connectivity index (χ0v) is 15.4. The Bertz CT molecular complexity index is 864. The second-order valence-corrected chi connectivity index (χ2v) is 7.12. The highest BCUT2D eigenvalue weighted by Gasteiger charge is 2.35. The van der Waals surface area contributed by atoms with Crippen molar-refractivity contribution < 1.29 is 19.0 Å². The van der Waals surface area contributed by atoms with Gasteiger partial charge < -0.3 is 10.2 Å². The van der Waals surface area contributed by atoms with Crippen LogP contribution < -0.4 is 10.2 Å². The van der Waals surface area contributed by atoms with Crippen molar-refractivity contribution in [1.82, 2.24) is 0 Å². The molecule has 2 N–H and O–H groups in total. The number of benzene rings is 2. The van der Waals surface area contributed by atoms with Crippen LogP contribution in [0.1, 0.15) is 29.5 Å². The van der Waals surface area contributed by atoms with E-state index < -0.39 is 4.92 Å². The van der Waals surface area contributed by atoms with Crippen LogP contribution >= 0.6 is 0 Å². The van der Waals surface area contributed by atoms with Gasteiger partial charge in [-0.3, -0.25) is 14.9 Å². The Kier molecular flexibility index (Phi) is 5.51. The molecule has 1 amide bonds. The van der Waals surface area contributed by atoms with Crippen LogP contribution in [0, 0.1) is 29.8 Å². The molecule has 0 spiro atoms. The van der Waals surface area contributed by atoms with Crippen LogP contribution in [-0.4, -0.2) is 23.4 Å². The van der Waals surface area contributed by atoms with Crippen molar-refractivity contribution in [2.75, 3.05) is 11.9 Å². The zero-order chi connectivity index (χ0) is 19.6. The SMILES string of the molecule is Cc1ccc([N+](=O)[O-])c(NC(=O)C[NH+](Cc2ccc(F)cc2)C2CC2)c1C. The fourth-order valence-corrected chi connectivity index (χ4v) is 3.21. The number of hydrogen-bond acceptors (Lipinski definition) is 3. The smallest absolute Gasteiger partial charge is 0.293 e. The third kappa shape index (κ3) is 4.68. The lowest BCUT2D eigenvalue weighted by atomic mass is 10.1. The summed E-state index contributed by atoms with van der Waals surface area (Å²) in [6.45, 7) is 4.45. The molecule has 2 aromatic rings. The summed E-state index contributed by atoms with van der Waals surface area (Å²) in [6, 6.07) is 9.78. The minimum absolute atomic E-state index is 0.0991. The molecule has 1 aliphatic carbocycles. The van der Waals surface area contributed by atoms with Crippen LogP contribution in [0.4, 0.5) is 15.8 Å². The minimum Gasteiger partial charge on any atom is -0.321 e. The Balaban J connectivity index is 1.73. The molecule has 1 saturated carbocycles. The molecular formula is C20H23FN3O3+. The summed E-state index contributed by atoms with van der Waals surface area (Å²) in [4.78, 5) is 24.5. The molecule has 142 valence electrons. The lowest BCUT2D eigenvalue weighted by Crippen LogP contribution is -3.13. The van der Waals surface area contributed by atoms with Crippen LogP contribution in [0.3, 0.4) is 0 Å². The average molecular weight is 372 g/mol. The molecule has 0 heterocycles. The number of rotatable bonds is 7. The summed E-state index contributed by atoms with van der Waals surface area (Å²) in [6.07, 6.45) is 2.10. The molecule has 1 unspecified atom stereocenters. The molecule has 0 aliphatic heterocycles. The first-order chi connectivity index (χ1) is 12.8. The number of carbonyl (C=O) groups excluding carboxylic acids is 1. The van der Waals surface area contributed by atoms with Gasteiger partial charge in [-0.15, -0.1) is 0 Å². The summed E-state index contributed by atoms with van der Waals surface area (Å²) in [5.41, 5.74) is 2.71. The van der Waals surface area contributed by atoms with Crippen molar-refractivity contribution in [2.24, 2.45) is 0 Å². The van der Waals surface area contributed by atoms with E-state index in [1.54, 1.807) is 25.1 Å². The van der Waals surface area contributed by atoms with Gasteiger partial charge in [0.15, 0.2) is 6.54 Å². The Hall–Kier alpha value is -2.80. The molecule has 0 aromatic heterocycles. The molecule has 0 radical (unpaired) electrons. The average Bonchev–Trinajstić information content (AvgIpc) is 3.45. The van der Waals surface area contributed by atoms with Crippen LogP contribution in [0.15, 0.2) is 36.4 Å². The quantitative estimate of drug-likeness (QED) is 0.579. The number of aryl methyl sites for hydroxylation is 1. The third-order valence-electron chi connectivity index (χ3n) is 5.06. The standard InChI is InChI=1S/C20H22FN3O3/c1-13-3-10-18(24(26)27)20(14(13)2)22-19(25)12-23(17-8-9-17)11-15-4-6-16(21)7-5-15/h3-7,10,17H,8-9,11-12H2,1-2H3,(H,22,25)/p+1. The predicted octanol–water partition coefficient (Wildman–Crippen LogP) is 2.54. The molecule has 0 bridgehead atoms. The van der Waals surface area contributed by atoms with Gasteiger partial charge in [0.2, 0.25) is 0 Å². The normalized spacial score (nSPS) is 14.6. The number of quaternary nitrogens is 1. The lowest BCUT2D eigenvalue weighted by Gasteiger charge is -2.19. The minimum atomic E-state index is -0.480. The van der Waals surface area contributed by atoms with Crippen LogP contribution in [0.25, 0.3) is 0 Å². The van der Waals surface area contributed by atoms with Gasteiger partial charge in [-0.05, 0) is 37.1 Å². The zero-order valence-electron chi connectivity index (χ0n) is 15.4. The topological polar surface area (TPSA) is 76.7 Å². The van der Waals surface area contributed by atoms with Crippen molar-refractivity contribution in [3.05, 3.63) is 69.0 Å².